The number of hydrogen-bond acceptors (Lipinski definition) is 3. The maximum absolute atomic E-state index is 12.7. The Morgan fingerprint density at radius 1 is 1.10 bits per heavy atom. The summed E-state index contributed by atoms with van der Waals surface area (Å²) in [6.07, 6.45) is 2.28. The van der Waals surface area contributed by atoms with Gasteiger partial charge < -0.3 is 4.74 Å². The number of benzene rings is 1. The molecule has 20 heavy (non-hydrogen) atoms. The van der Waals surface area contributed by atoms with Gasteiger partial charge in [-0.05, 0) is 25.3 Å². The molecule has 2 aliphatic carbocycles. The predicted octanol–water partition coefficient (Wildman–Crippen LogP) is 2.87. The summed E-state index contributed by atoms with van der Waals surface area (Å²) in [5, 5.41) is 0. The van der Waals surface area contributed by atoms with Crippen molar-refractivity contribution in [3.05, 3.63) is 35.4 Å². The second-order valence-electron chi connectivity index (χ2n) is 6.90. The lowest BCUT2D eigenvalue weighted by Gasteiger charge is -2.50. The first-order chi connectivity index (χ1) is 9.48. The first-order valence-electron chi connectivity index (χ1n) is 7.33. The number of ketones is 1. The quantitative estimate of drug-likeness (QED) is 0.681. The Morgan fingerprint density at radius 2 is 1.80 bits per heavy atom. The summed E-state index contributed by atoms with van der Waals surface area (Å²) in [4.78, 5) is 25.0. The van der Waals surface area contributed by atoms with Crippen molar-refractivity contribution in [3.8, 4) is 0 Å². The van der Waals surface area contributed by atoms with Crippen molar-refractivity contribution in [2.24, 2.45) is 11.3 Å². The molecule has 4 atom stereocenters. The van der Waals surface area contributed by atoms with Crippen LogP contribution in [0.25, 0.3) is 0 Å². The zero-order chi connectivity index (χ0) is 14.1. The molecule has 2 fully saturated rings. The molecule has 1 aromatic rings. The van der Waals surface area contributed by atoms with Crippen LogP contribution in [0.2, 0.25) is 0 Å². The molecule has 0 aromatic heterocycles. The molecule has 0 radical (unpaired) electrons. The number of Topliss-reactive ketones (excluding diaryl/α,β-unsaturated/α-hetero) is 1. The number of carbonyl (C=O) groups is 2. The molecule has 104 valence electrons. The first-order valence-corrected chi connectivity index (χ1v) is 7.33. The molecule has 3 heteroatoms. The van der Waals surface area contributed by atoms with Crippen LogP contribution in [-0.2, 0) is 14.9 Å². The Labute approximate surface area is 118 Å². The first kappa shape index (κ1) is 12.1. The van der Waals surface area contributed by atoms with E-state index in [2.05, 4.69) is 13.0 Å². The Bertz CT molecular complexity index is 635. The van der Waals surface area contributed by atoms with E-state index >= 15 is 0 Å². The van der Waals surface area contributed by atoms with Crippen molar-refractivity contribution in [1.82, 2.24) is 0 Å². The van der Waals surface area contributed by atoms with Crippen LogP contribution >= 0.6 is 0 Å². The van der Waals surface area contributed by atoms with E-state index in [-0.39, 0.29) is 23.1 Å². The van der Waals surface area contributed by atoms with Gasteiger partial charge >= 0.3 is 5.97 Å². The van der Waals surface area contributed by atoms with Crippen LogP contribution < -0.4 is 0 Å². The van der Waals surface area contributed by atoms with Crippen molar-refractivity contribution < 1.29 is 14.3 Å². The van der Waals surface area contributed by atoms with Crippen molar-refractivity contribution in [2.75, 3.05) is 0 Å². The minimum atomic E-state index is -0.576. The molecule has 0 bridgehead atoms. The van der Waals surface area contributed by atoms with E-state index in [1.54, 1.807) is 0 Å². The average molecular weight is 270 g/mol. The maximum Gasteiger partial charge on any atom is 0.313 e. The lowest BCUT2D eigenvalue weighted by molar-refractivity contribution is -0.148. The minimum Gasteiger partial charge on any atom is -0.453 e. The molecule has 4 rings (SSSR count). The summed E-state index contributed by atoms with van der Waals surface area (Å²) in [6, 6.07) is 7.80. The number of rotatable bonds is 0. The third kappa shape index (κ3) is 1.17. The summed E-state index contributed by atoms with van der Waals surface area (Å²) in [7, 11) is 0. The smallest absolute Gasteiger partial charge is 0.313 e. The zero-order valence-corrected chi connectivity index (χ0v) is 11.8. The van der Waals surface area contributed by atoms with Crippen LogP contribution in [0.15, 0.2) is 24.3 Å². The molecule has 1 saturated heterocycles. The highest BCUT2D eigenvalue weighted by atomic mass is 16.6. The van der Waals surface area contributed by atoms with Gasteiger partial charge in [-0.1, -0.05) is 37.6 Å². The Kier molecular flexibility index (Phi) is 2.13. The number of carbonyl (C=O) groups excluding carboxylic acids is 2. The molecule has 0 spiro atoms. The van der Waals surface area contributed by atoms with E-state index in [1.807, 2.05) is 25.1 Å². The highest BCUT2D eigenvalue weighted by Gasteiger charge is 2.66. The zero-order valence-electron chi connectivity index (χ0n) is 11.8. The molecule has 3 nitrogen and oxygen atoms in total. The van der Waals surface area contributed by atoms with Gasteiger partial charge in [0.25, 0.3) is 0 Å². The molecule has 1 aromatic carbocycles. The summed E-state index contributed by atoms with van der Waals surface area (Å²) in [5.74, 6) is -0.208. The van der Waals surface area contributed by atoms with E-state index < -0.39 is 11.5 Å². The Morgan fingerprint density at radius 3 is 2.60 bits per heavy atom. The van der Waals surface area contributed by atoms with Gasteiger partial charge in [0, 0.05) is 16.9 Å². The third-order valence-corrected chi connectivity index (χ3v) is 5.83. The summed E-state index contributed by atoms with van der Waals surface area (Å²) >= 11 is 0. The molecule has 1 saturated carbocycles. The third-order valence-electron chi connectivity index (χ3n) is 5.83. The van der Waals surface area contributed by atoms with Gasteiger partial charge in [-0.3, -0.25) is 9.59 Å². The topological polar surface area (TPSA) is 43.4 Å². The molecule has 0 N–H and O–H groups in total. The van der Waals surface area contributed by atoms with Gasteiger partial charge in [-0.2, -0.15) is 0 Å². The number of ether oxygens (including phenoxy) is 1. The van der Waals surface area contributed by atoms with Gasteiger partial charge in [0.15, 0.2) is 6.10 Å². The second kappa shape index (κ2) is 3.51. The van der Waals surface area contributed by atoms with Crippen molar-refractivity contribution in [2.45, 2.75) is 44.6 Å². The van der Waals surface area contributed by atoms with E-state index in [0.29, 0.717) is 0 Å². The van der Waals surface area contributed by atoms with Gasteiger partial charge in [0.1, 0.15) is 0 Å². The Balaban J connectivity index is 2.01. The fraction of sp³-hybridized carbons (Fsp3) is 0.529. The van der Waals surface area contributed by atoms with E-state index in [9.17, 15) is 9.59 Å². The number of esters is 1. The highest BCUT2D eigenvalue weighted by molar-refractivity contribution is 6.05. The standard InChI is InChI=1S/C17H18O3/c1-16-8-5-9-17(2)14(16)13(20-15(17)19)12(18)10-6-3-4-7-11(10)16/h3-4,6-7,13-14H,5,8-9H2,1-2H3/t13?,14-,16-,17+/m1/s1. The minimum absolute atomic E-state index is 0.0120. The van der Waals surface area contributed by atoms with Crippen LogP contribution in [0, 0.1) is 11.3 Å². The number of fused-ring (bicyclic) bond motifs is 2. The van der Waals surface area contributed by atoms with Gasteiger partial charge in [-0.25, -0.2) is 0 Å². The molecular formula is C17H18O3. The molecule has 1 heterocycles. The fourth-order valence-corrected chi connectivity index (χ4v) is 4.91. The Hall–Kier alpha value is -1.64. The monoisotopic (exact) mass is 270 g/mol. The average Bonchev–Trinajstić information content (AvgIpc) is 2.71. The van der Waals surface area contributed by atoms with Crippen LogP contribution in [0.4, 0.5) is 0 Å². The molecule has 1 unspecified atom stereocenters. The molecule has 3 aliphatic rings. The molecular weight excluding hydrogens is 252 g/mol. The lowest BCUT2D eigenvalue weighted by Crippen LogP contribution is -2.54. The van der Waals surface area contributed by atoms with Crippen LogP contribution in [0.3, 0.4) is 0 Å². The van der Waals surface area contributed by atoms with Crippen molar-refractivity contribution in [3.63, 3.8) is 0 Å². The molecule has 1 aliphatic heterocycles. The molecule has 0 amide bonds. The fourth-order valence-electron chi connectivity index (χ4n) is 4.91. The highest BCUT2D eigenvalue weighted by Crippen LogP contribution is 2.61. The van der Waals surface area contributed by atoms with Crippen LogP contribution in [0.1, 0.15) is 49.0 Å². The summed E-state index contributed by atoms with van der Waals surface area (Å²) in [5.41, 5.74) is 1.22. The lowest BCUT2D eigenvalue weighted by atomic mass is 9.50. The van der Waals surface area contributed by atoms with Crippen molar-refractivity contribution in [1.29, 1.82) is 0 Å². The number of hydrogen-bond donors (Lipinski definition) is 0. The van der Waals surface area contributed by atoms with Crippen LogP contribution in [-0.4, -0.2) is 17.9 Å². The van der Waals surface area contributed by atoms with E-state index in [1.165, 1.54) is 0 Å². The SMILES string of the molecule is C[C@@]12CCC[C@]3(C)c4ccccc4C(=O)C(OC1=O)[C@@H]23. The largest absolute Gasteiger partial charge is 0.453 e. The van der Waals surface area contributed by atoms with Crippen LogP contribution in [0.5, 0.6) is 0 Å². The normalized spacial score (nSPS) is 41.9. The predicted molar refractivity (Wildman–Crippen MR) is 73.5 cm³/mol. The summed E-state index contributed by atoms with van der Waals surface area (Å²) in [6.45, 7) is 4.19. The second-order valence-corrected chi connectivity index (χ2v) is 6.90. The van der Waals surface area contributed by atoms with Gasteiger partial charge in [0.2, 0.25) is 5.78 Å². The van der Waals surface area contributed by atoms with E-state index in [4.69, 9.17) is 4.74 Å². The van der Waals surface area contributed by atoms with E-state index in [0.717, 1.165) is 30.4 Å². The van der Waals surface area contributed by atoms with Gasteiger partial charge in [-0.15, -0.1) is 0 Å². The van der Waals surface area contributed by atoms with Gasteiger partial charge in [0.05, 0.1) is 5.41 Å². The van der Waals surface area contributed by atoms with Crippen molar-refractivity contribution >= 4 is 11.8 Å². The maximum atomic E-state index is 12.7. The summed E-state index contributed by atoms with van der Waals surface area (Å²) < 4.78 is 5.53.